The van der Waals surface area contributed by atoms with Crippen LogP contribution < -0.4 is 5.32 Å². The predicted molar refractivity (Wildman–Crippen MR) is 134 cm³/mol. The number of aliphatic hydroxyl groups is 2. The van der Waals surface area contributed by atoms with Crippen molar-refractivity contribution in [2.45, 2.75) is 69.8 Å². The van der Waals surface area contributed by atoms with E-state index in [4.69, 9.17) is 4.74 Å². The maximum absolute atomic E-state index is 13.7. The first-order valence-corrected chi connectivity index (χ1v) is 12.7. The van der Waals surface area contributed by atoms with Gasteiger partial charge in [-0.15, -0.1) is 0 Å². The number of aliphatic hydroxyl groups excluding tert-OH is 2. The third-order valence-electron chi connectivity index (χ3n) is 8.04. The molecule has 1 saturated carbocycles. The molecule has 3 aliphatic rings. The molecule has 2 aliphatic heterocycles. The van der Waals surface area contributed by atoms with Crippen LogP contribution in [0.4, 0.5) is 0 Å². The fourth-order valence-corrected chi connectivity index (χ4v) is 6.05. The van der Waals surface area contributed by atoms with Crippen molar-refractivity contribution in [2.75, 3.05) is 0 Å². The predicted octanol–water partition coefficient (Wildman–Crippen LogP) is 3.49. The normalized spacial score (nSPS) is 40.0. The summed E-state index contributed by atoms with van der Waals surface area (Å²) in [6.07, 6.45) is 8.32. The second kappa shape index (κ2) is 10.5. The van der Waals surface area contributed by atoms with E-state index < -0.39 is 35.6 Å². The molecule has 0 unspecified atom stereocenters. The van der Waals surface area contributed by atoms with Gasteiger partial charge in [0.15, 0.2) is 0 Å². The molecular weight excluding hydrogens is 442 g/mol. The zero-order chi connectivity index (χ0) is 25.2. The lowest BCUT2D eigenvalue weighted by Crippen LogP contribution is -2.61. The number of nitrogens with one attached hydrogen (secondary N) is 1. The van der Waals surface area contributed by atoms with Gasteiger partial charge in [0, 0.05) is 18.0 Å². The number of allylic oxidation sites excluding steroid dienone is 1. The molecule has 6 heteroatoms. The molecule has 6 nitrogen and oxygen atoms in total. The highest BCUT2D eigenvalue weighted by atomic mass is 16.6. The summed E-state index contributed by atoms with van der Waals surface area (Å²) in [4.78, 5) is 26.7. The number of amides is 1. The lowest BCUT2D eigenvalue weighted by Gasteiger charge is -2.49. The van der Waals surface area contributed by atoms with Crippen LogP contribution in [0.3, 0.4) is 0 Å². The van der Waals surface area contributed by atoms with Crippen LogP contribution in [0.5, 0.6) is 0 Å². The molecule has 0 bridgehead atoms. The largest absolute Gasteiger partial charge is 0.445 e. The fraction of sp³-hybridized carbons (Fsp3) is 0.517. The number of hydrogen-bond donors (Lipinski definition) is 3. The van der Waals surface area contributed by atoms with Gasteiger partial charge in [-0.3, -0.25) is 4.79 Å². The second-order valence-electron chi connectivity index (χ2n) is 10.5. The molecule has 1 aromatic carbocycles. The van der Waals surface area contributed by atoms with E-state index in [0.29, 0.717) is 30.8 Å². The Balaban J connectivity index is 1.77. The third-order valence-corrected chi connectivity index (χ3v) is 8.04. The summed E-state index contributed by atoms with van der Waals surface area (Å²) in [5.41, 5.74) is 0.170. The van der Waals surface area contributed by atoms with Gasteiger partial charge in [0.05, 0.1) is 18.1 Å². The van der Waals surface area contributed by atoms with Gasteiger partial charge in [-0.1, -0.05) is 69.0 Å². The van der Waals surface area contributed by atoms with Gasteiger partial charge >= 0.3 is 5.97 Å². The highest BCUT2D eigenvalue weighted by Crippen LogP contribution is 2.52. The Bertz CT molecular complexity index is 1000. The molecule has 0 radical (unpaired) electrons. The summed E-state index contributed by atoms with van der Waals surface area (Å²) in [5.74, 6) is -2.08. The molecule has 188 valence electrons. The summed E-state index contributed by atoms with van der Waals surface area (Å²) in [7, 11) is 0. The van der Waals surface area contributed by atoms with Crippen molar-refractivity contribution >= 4 is 11.9 Å². The van der Waals surface area contributed by atoms with Gasteiger partial charge in [0.2, 0.25) is 5.60 Å². The minimum Gasteiger partial charge on any atom is -0.445 e. The standard InChI is InChI=1S/C29H37NO5/c1-18-9-7-13-23-27(33)20(3)19(2)26-24(17-21-10-5-4-6-11-21)30-28(34)29(23,26)35-25(32)14-8-12-22(31)16-15-18/h4-8,10-11,13-14,18-19,22-24,26-27,31,33H,3,9,12,15-17H2,1-2H3,(H,30,34)/b13-7+,14-8+/t18-,19+,22-,23+,24-,26+,27+,29+/m0/s1. The minimum atomic E-state index is -1.55. The Morgan fingerprint density at radius 3 is 2.57 bits per heavy atom. The molecule has 1 saturated heterocycles. The lowest BCUT2D eigenvalue weighted by molar-refractivity contribution is -0.182. The fourth-order valence-electron chi connectivity index (χ4n) is 6.05. The quantitative estimate of drug-likeness (QED) is 0.446. The van der Waals surface area contributed by atoms with E-state index in [1.54, 1.807) is 6.08 Å². The molecule has 2 heterocycles. The van der Waals surface area contributed by atoms with E-state index in [0.717, 1.165) is 18.4 Å². The van der Waals surface area contributed by atoms with Crippen molar-refractivity contribution in [3.8, 4) is 0 Å². The molecule has 1 amide bonds. The van der Waals surface area contributed by atoms with Crippen LogP contribution in [0.25, 0.3) is 0 Å². The highest BCUT2D eigenvalue weighted by Gasteiger charge is 2.67. The molecule has 1 spiro atoms. The van der Waals surface area contributed by atoms with Crippen molar-refractivity contribution in [2.24, 2.45) is 23.7 Å². The molecule has 4 rings (SSSR count). The number of ether oxygens (including phenoxy) is 1. The molecule has 3 N–H and O–H groups in total. The van der Waals surface area contributed by atoms with E-state index in [1.807, 2.05) is 49.4 Å². The Kier molecular flexibility index (Phi) is 7.62. The van der Waals surface area contributed by atoms with E-state index in [2.05, 4.69) is 18.8 Å². The Labute approximate surface area is 207 Å². The number of rotatable bonds is 2. The Morgan fingerprint density at radius 2 is 1.83 bits per heavy atom. The summed E-state index contributed by atoms with van der Waals surface area (Å²) in [6, 6.07) is 9.62. The van der Waals surface area contributed by atoms with Crippen LogP contribution >= 0.6 is 0 Å². The SMILES string of the molecule is C=C1[C@@H](C)[C@@H]2[C@H](Cc3ccccc3)NC(=O)[C@]23OC(=O)/C=C/C[C@H](O)CC[C@@H](C)C/C=C/[C@@H]3[C@@H]1O. The van der Waals surface area contributed by atoms with Gasteiger partial charge < -0.3 is 20.3 Å². The highest BCUT2D eigenvalue weighted by molar-refractivity contribution is 5.94. The van der Waals surface area contributed by atoms with E-state index in [9.17, 15) is 19.8 Å². The second-order valence-corrected chi connectivity index (χ2v) is 10.5. The van der Waals surface area contributed by atoms with Crippen LogP contribution in [0.2, 0.25) is 0 Å². The van der Waals surface area contributed by atoms with Crippen LogP contribution in [-0.2, 0) is 20.7 Å². The van der Waals surface area contributed by atoms with Crippen LogP contribution in [0, 0.1) is 23.7 Å². The van der Waals surface area contributed by atoms with Gasteiger partial charge in [-0.25, -0.2) is 4.79 Å². The number of carbonyl (C=O) groups is 2. The molecule has 2 fully saturated rings. The van der Waals surface area contributed by atoms with E-state index >= 15 is 0 Å². The first-order valence-electron chi connectivity index (χ1n) is 12.7. The number of esters is 1. The van der Waals surface area contributed by atoms with Crippen molar-refractivity contribution in [1.29, 1.82) is 0 Å². The van der Waals surface area contributed by atoms with Gasteiger partial charge in [0.1, 0.15) is 0 Å². The van der Waals surface area contributed by atoms with Crippen molar-refractivity contribution in [3.05, 3.63) is 72.4 Å². The zero-order valence-electron chi connectivity index (χ0n) is 20.6. The molecule has 35 heavy (non-hydrogen) atoms. The smallest absolute Gasteiger partial charge is 0.331 e. The monoisotopic (exact) mass is 479 g/mol. The van der Waals surface area contributed by atoms with Crippen molar-refractivity contribution < 1.29 is 24.5 Å². The zero-order valence-corrected chi connectivity index (χ0v) is 20.6. The average Bonchev–Trinajstić information content (AvgIpc) is 3.09. The van der Waals surface area contributed by atoms with Crippen LogP contribution in [-0.4, -0.2) is 45.9 Å². The van der Waals surface area contributed by atoms with Gasteiger partial charge in [-0.05, 0) is 55.1 Å². The molecule has 0 aromatic heterocycles. The minimum absolute atomic E-state index is 0.251. The molecule has 8 atom stereocenters. The van der Waals surface area contributed by atoms with Gasteiger partial charge in [0.25, 0.3) is 5.91 Å². The third kappa shape index (κ3) is 5.00. The van der Waals surface area contributed by atoms with E-state index in [-0.39, 0.29) is 17.9 Å². The van der Waals surface area contributed by atoms with E-state index in [1.165, 1.54) is 6.08 Å². The summed E-state index contributed by atoms with van der Waals surface area (Å²) < 4.78 is 6.07. The van der Waals surface area contributed by atoms with Crippen LogP contribution in [0.15, 0.2) is 66.8 Å². The molecule has 1 aromatic rings. The lowest BCUT2D eigenvalue weighted by atomic mass is 9.59. The summed E-state index contributed by atoms with van der Waals surface area (Å²) >= 11 is 0. The van der Waals surface area contributed by atoms with Crippen molar-refractivity contribution in [1.82, 2.24) is 5.32 Å². The Morgan fingerprint density at radius 1 is 1.09 bits per heavy atom. The Hall–Kier alpha value is -2.70. The summed E-state index contributed by atoms with van der Waals surface area (Å²) in [5, 5.41) is 24.7. The van der Waals surface area contributed by atoms with Crippen LogP contribution in [0.1, 0.15) is 45.1 Å². The first kappa shape index (κ1) is 25.4. The first-order chi connectivity index (χ1) is 16.7. The molecular formula is C29H37NO5. The van der Waals surface area contributed by atoms with Gasteiger partial charge in [-0.2, -0.15) is 0 Å². The maximum Gasteiger partial charge on any atom is 0.331 e. The maximum atomic E-state index is 13.7. The number of hydrogen-bond acceptors (Lipinski definition) is 5. The molecule has 1 aliphatic carbocycles. The average molecular weight is 480 g/mol. The topological polar surface area (TPSA) is 95.9 Å². The number of benzene rings is 1. The number of carbonyl (C=O) groups excluding carboxylic acids is 2. The summed E-state index contributed by atoms with van der Waals surface area (Å²) in [6.45, 7) is 8.25. The van der Waals surface area contributed by atoms with Crippen molar-refractivity contribution in [3.63, 3.8) is 0 Å².